The number of fused-ring (bicyclic) bond motifs is 3. The van der Waals surface area contributed by atoms with Crippen molar-refractivity contribution in [1.82, 2.24) is 24.6 Å². The van der Waals surface area contributed by atoms with E-state index < -0.39 is 0 Å². The van der Waals surface area contributed by atoms with Gasteiger partial charge in [0.1, 0.15) is 5.82 Å². The van der Waals surface area contributed by atoms with Crippen molar-refractivity contribution in [1.29, 1.82) is 0 Å². The Labute approximate surface area is 150 Å². The van der Waals surface area contributed by atoms with Crippen LogP contribution in [-0.2, 0) is 11.4 Å². The fourth-order valence-corrected chi connectivity index (χ4v) is 3.65. The molecule has 1 fully saturated rings. The molecule has 0 saturated carbocycles. The van der Waals surface area contributed by atoms with E-state index in [0.29, 0.717) is 5.82 Å². The number of anilines is 1. The van der Waals surface area contributed by atoms with Gasteiger partial charge in [0.2, 0.25) is 0 Å². The van der Waals surface area contributed by atoms with Gasteiger partial charge in [-0.05, 0) is 18.2 Å². The largest absolute Gasteiger partial charge is 0.383 e. The summed E-state index contributed by atoms with van der Waals surface area (Å²) >= 11 is 0. The summed E-state index contributed by atoms with van der Waals surface area (Å²) in [4.78, 5) is 7.02. The number of nitrogen functional groups attached to an aromatic ring is 1. The molecule has 0 radical (unpaired) electrons. The molecule has 5 rings (SSSR count). The van der Waals surface area contributed by atoms with E-state index in [1.807, 2.05) is 18.3 Å². The number of hydrogen-bond acceptors (Lipinski definition) is 5. The number of ether oxygens (including phenoxy) is 1. The zero-order valence-electron chi connectivity index (χ0n) is 14.4. The fourth-order valence-electron chi connectivity index (χ4n) is 3.65. The Hall–Kier alpha value is -2.90. The summed E-state index contributed by atoms with van der Waals surface area (Å²) < 4.78 is 7.71. The maximum Gasteiger partial charge on any atom is 0.133 e. The predicted molar refractivity (Wildman–Crippen MR) is 102 cm³/mol. The summed E-state index contributed by atoms with van der Waals surface area (Å²) in [5.41, 5.74) is 10.2. The van der Waals surface area contributed by atoms with Gasteiger partial charge in [-0.3, -0.25) is 10.00 Å². The highest BCUT2D eigenvalue weighted by atomic mass is 16.5. The van der Waals surface area contributed by atoms with Crippen LogP contribution in [0.15, 0.2) is 42.7 Å². The number of hydrogen-bond donors (Lipinski definition) is 2. The lowest BCUT2D eigenvalue weighted by Crippen LogP contribution is -2.37. The van der Waals surface area contributed by atoms with Crippen molar-refractivity contribution < 1.29 is 4.74 Å². The first-order valence-corrected chi connectivity index (χ1v) is 8.78. The summed E-state index contributed by atoms with van der Waals surface area (Å²) in [5, 5.41) is 9.21. The molecule has 0 spiro atoms. The second kappa shape index (κ2) is 6.12. The van der Waals surface area contributed by atoms with E-state index in [2.05, 4.69) is 49.0 Å². The molecule has 1 aliphatic heterocycles. The minimum absolute atomic E-state index is 0.562. The fraction of sp³-hybridized carbons (Fsp3) is 0.263. The zero-order chi connectivity index (χ0) is 17.5. The molecule has 0 bridgehead atoms. The number of pyridine rings is 1. The average Bonchev–Trinajstić information content (AvgIpc) is 3.33. The van der Waals surface area contributed by atoms with E-state index in [1.54, 1.807) is 0 Å². The van der Waals surface area contributed by atoms with Gasteiger partial charge in [-0.25, -0.2) is 4.98 Å². The Morgan fingerprint density at radius 3 is 2.81 bits per heavy atom. The summed E-state index contributed by atoms with van der Waals surface area (Å²) in [6.45, 7) is 4.29. The number of benzene rings is 1. The van der Waals surface area contributed by atoms with Gasteiger partial charge in [0.25, 0.3) is 0 Å². The van der Waals surface area contributed by atoms with Crippen LogP contribution in [0, 0.1) is 0 Å². The Bertz CT molecular complexity index is 1060. The first-order chi connectivity index (χ1) is 12.8. The molecule has 1 aromatic carbocycles. The Balaban J connectivity index is 1.64. The molecule has 1 saturated heterocycles. The number of morpholine rings is 1. The average molecular weight is 348 g/mol. The van der Waals surface area contributed by atoms with E-state index in [-0.39, 0.29) is 0 Å². The molecule has 0 amide bonds. The number of aromatic nitrogens is 4. The zero-order valence-corrected chi connectivity index (χ0v) is 14.4. The maximum absolute atomic E-state index is 6.26. The molecular weight excluding hydrogens is 328 g/mol. The van der Waals surface area contributed by atoms with Gasteiger partial charge in [0.05, 0.1) is 36.6 Å². The number of aromatic amines is 1. The lowest BCUT2D eigenvalue weighted by molar-refractivity contribution is 0.0242. The van der Waals surface area contributed by atoms with Gasteiger partial charge in [0, 0.05) is 41.8 Å². The van der Waals surface area contributed by atoms with E-state index in [1.165, 1.54) is 0 Å². The number of nitrogens with zero attached hydrogens (tertiary/aromatic N) is 4. The Morgan fingerprint density at radius 2 is 2.00 bits per heavy atom. The van der Waals surface area contributed by atoms with Crippen molar-refractivity contribution in [3.05, 3.63) is 42.7 Å². The third-order valence-electron chi connectivity index (χ3n) is 4.99. The molecule has 0 unspecified atom stereocenters. The summed E-state index contributed by atoms with van der Waals surface area (Å²) in [6, 6.07) is 10.3. The van der Waals surface area contributed by atoms with Crippen LogP contribution in [0.1, 0.15) is 0 Å². The smallest absolute Gasteiger partial charge is 0.133 e. The van der Waals surface area contributed by atoms with Crippen molar-refractivity contribution in [2.24, 2.45) is 0 Å². The molecule has 0 aliphatic carbocycles. The highest BCUT2D eigenvalue weighted by Gasteiger charge is 2.15. The Morgan fingerprint density at radius 1 is 1.12 bits per heavy atom. The summed E-state index contributed by atoms with van der Waals surface area (Å²) in [5.74, 6) is 0.562. The molecule has 7 nitrogen and oxygen atoms in total. The third-order valence-corrected chi connectivity index (χ3v) is 4.99. The molecule has 4 aromatic rings. The number of rotatable bonds is 3. The van der Waals surface area contributed by atoms with Crippen LogP contribution in [-0.4, -0.2) is 51.0 Å². The van der Waals surface area contributed by atoms with Crippen LogP contribution in [0.5, 0.6) is 0 Å². The summed E-state index contributed by atoms with van der Waals surface area (Å²) in [7, 11) is 0. The Kier molecular flexibility index (Phi) is 3.62. The van der Waals surface area contributed by atoms with E-state index in [0.717, 1.165) is 66.0 Å². The minimum Gasteiger partial charge on any atom is -0.383 e. The number of nitrogens with one attached hydrogen (secondary N) is 1. The molecule has 1 aliphatic rings. The van der Waals surface area contributed by atoms with Crippen molar-refractivity contribution in [2.45, 2.75) is 6.67 Å². The van der Waals surface area contributed by atoms with Gasteiger partial charge in [-0.15, -0.1) is 0 Å². The van der Waals surface area contributed by atoms with Crippen LogP contribution in [0.2, 0.25) is 0 Å². The molecule has 7 heteroatoms. The number of nitrogens with two attached hydrogens (primary N) is 1. The van der Waals surface area contributed by atoms with Crippen molar-refractivity contribution in [3.8, 4) is 11.3 Å². The van der Waals surface area contributed by atoms with Crippen LogP contribution in [0.3, 0.4) is 0 Å². The third kappa shape index (κ3) is 2.53. The summed E-state index contributed by atoms with van der Waals surface area (Å²) in [6.07, 6.45) is 3.91. The van der Waals surface area contributed by atoms with Gasteiger partial charge >= 0.3 is 0 Å². The molecule has 3 N–H and O–H groups in total. The van der Waals surface area contributed by atoms with Crippen molar-refractivity contribution >= 4 is 27.6 Å². The molecule has 0 atom stereocenters. The quantitative estimate of drug-likeness (QED) is 0.594. The van der Waals surface area contributed by atoms with Crippen LogP contribution >= 0.6 is 0 Å². The molecule has 132 valence electrons. The van der Waals surface area contributed by atoms with Crippen LogP contribution < -0.4 is 5.73 Å². The SMILES string of the molecule is Nc1nc2cc(-c3cc[nH]n3)ccc2c2c1ccn2CN1CCOCC1. The lowest BCUT2D eigenvalue weighted by atomic mass is 10.1. The molecule has 26 heavy (non-hydrogen) atoms. The van der Waals surface area contributed by atoms with Gasteiger partial charge in [-0.1, -0.05) is 12.1 Å². The second-order valence-electron chi connectivity index (χ2n) is 6.61. The van der Waals surface area contributed by atoms with Gasteiger partial charge in [0.15, 0.2) is 0 Å². The topological polar surface area (TPSA) is 85.0 Å². The van der Waals surface area contributed by atoms with Crippen molar-refractivity contribution in [2.75, 3.05) is 32.0 Å². The molecular formula is C19H20N6O. The normalized spacial score (nSPS) is 15.8. The highest BCUT2D eigenvalue weighted by molar-refractivity contribution is 6.09. The molecule has 4 heterocycles. The monoisotopic (exact) mass is 348 g/mol. The van der Waals surface area contributed by atoms with E-state index >= 15 is 0 Å². The van der Waals surface area contributed by atoms with Gasteiger partial charge < -0.3 is 15.0 Å². The van der Waals surface area contributed by atoms with Crippen LogP contribution in [0.4, 0.5) is 5.82 Å². The van der Waals surface area contributed by atoms with E-state index in [9.17, 15) is 0 Å². The maximum atomic E-state index is 6.26. The second-order valence-corrected chi connectivity index (χ2v) is 6.61. The highest BCUT2D eigenvalue weighted by Crippen LogP contribution is 2.31. The predicted octanol–water partition coefficient (Wildman–Crippen LogP) is 2.45. The minimum atomic E-state index is 0.562. The van der Waals surface area contributed by atoms with Crippen LogP contribution in [0.25, 0.3) is 33.1 Å². The first kappa shape index (κ1) is 15.4. The van der Waals surface area contributed by atoms with Crippen molar-refractivity contribution in [3.63, 3.8) is 0 Å². The van der Waals surface area contributed by atoms with Gasteiger partial charge in [-0.2, -0.15) is 5.10 Å². The van der Waals surface area contributed by atoms with E-state index in [4.69, 9.17) is 10.5 Å². The molecule has 3 aromatic heterocycles. The standard InChI is InChI=1S/C19H20N6O/c20-19-15-4-6-25(12-24-7-9-26-10-8-24)18(15)14-2-1-13(11-17(14)22-19)16-3-5-21-23-16/h1-6,11H,7-10,12H2,(H2,20,22)(H,21,23). The lowest BCUT2D eigenvalue weighted by Gasteiger charge is -2.27. The number of H-pyrrole nitrogens is 1. The first-order valence-electron chi connectivity index (χ1n) is 8.78.